The monoisotopic (exact) mass is 1180 g/mol. The van der Waals surface area contributed by atoms with Crippen LogP contribution in [0.5, 0.6) is 0 Å². The maximum Gasteiger partial charge on any atom is 0.0728 e. The molecular weight excluding hydrogens is 1130 g/mol. The Morgan fingerprint density at radius 3 is 0.774 bits per heavy atom. The van der Waals surface area contributed by atoms with Gasteiger partial charge in [0.15, 0.2) is 0 Å². The molecule has 0 unspecified atom stereocenters. The molecule has 0 aromatic heterocycles. The first-order valence-electron chi connectivity index (χ1n) is 32.1. The summed E-state index contributed by atoms with van der Waals surface area (Å²) in [6, 6.07) is 135. The Morgan fingerprint density at radius 1 is 0.161 bits per heavy atom. The van der Waals surface area contributed by atoms with Gasteiger partial charge in [-0.25, -0.2) is 0 Å². The van der Waals surface area contributed by atoms with Crippen LogP contribution in [0.4, 0.5) is 68.2 Å². The number of para-hydroxylation sites is 4. The van der Waals surface area contributed by atoms with E-state index in [-0.39, 0.29) is 0 Å². The SMILES string of the molecule is c1ccc(N(c2ccc3c(c2)C2(c4cc(N(c5ccccc5)c5cccc6ccccc56)ccc4-3)c3cc(N(c4ccccc4)c4cccc5ccccc45)ccc3-c3ccc(N(c4ccccc4)c4cccc5ccccc45)cc32)c2ccc3ccccc3c2)cc1. The van der Waals surface area contributed by atoms with Gasteiger partial charge in [0.1, 0.15) is 0 Å². The molecule has 0 aliphatic heterocycles. The average molecular weight is 1190 g/mol. The van der Waals surface area contributed by atoms with Crippen LogP contribution in [0, 0.1) is 0 Å². The van der Waals surface area contributed by atoms with Gasteiger partial charge in [0.25, 0.3) is 0 Å². The third-order valence-corrected chi connectivity index (χ3v) is 19.3. The van der Waals surface area contributed by atoms with Crippen LogP contribution in [0.2, 0.25) is 0 Å². The molecule has 2 aliphatic carbocycles. The fourth-order valence-corrected chi connectivity index (χ4v) is 15.3. The van der Waals surface area contributed by atoms with E-state index in [2.05, 4.69) is 384 Å². The normalized spacial score (nSPS) is 12.4. The molecule has 436 valence electrons. The summed E-state index contributed by atoms with van der Waals surface area (Å²) in [5.41, 5.74) is 21.7. The standard InChI is InChI=1S/C89H60N4/c1-5-32-66(33-6-1)90(70-47-46-61-24-13-14-28-65(61)56-70)71-48-52-78-79-53-49-72(91(67-34-7-2-8-35-67)86-43-21-29-62-25-15-18-40-75(62)86)58-83(79)89(82(78)57-71)84-59-73(92(68-36-9-3-10-37-68)87-44-22-30-63-26-16-19-41-76(63)87)50-54-80(84)81-55-51-74(60-85(81)89)93(69-38-11-4-12-39-69)88-45-23-31-64-27-17-20-42-77(64)88/h1-60H. The van der Waals surface area contributed by atoms with Gasteiger partial charge in [-0.05, 0) is 199 Å². The van der Waals surface area contributed by atoms with E-state index < -0.39 is 5.41 Å². The van der Waals surface area contributed by atoms with Gasteiger partial charge >= 0.3 is 0 Å². The summed E-state index contributed by atoms with van der Waals surface area (Å²) < 4.78 is 0. The molecular formula is C89H60N4. The van der Waals surface area contributed by atoms with E-state index in [1.165, 1.54) is 87.6 Å². The second kappa shape index (κ2) is 22.1. The second-order valence-electron chi connectivity index (χ2n) is 24.4. The highest BCUT2D eigenvalue weighted by Gasteiger charge is 2.53. The summed E-state index contributed by atoms with van der Waals surface area (Å²) in [5.74, 6) is 0. The van der Waals surface area contributed by atoms with Crippen LogP contribution < -0.4 is 19.6 Å². The predicted octanol–water partition coefficient (Wildman–Crippen LogP) is 24.5. The van der Waals surface area contributed by atoms with Crippen LogP contribution in [-0.4, -0.2) is 0 Å². The molecule has 0 saturated carbocycles. The topological polar surface area (TPSA) is 13.0 Å². The average Bonchev–Trinajstić information content (AvgIpc) is 1.50. The molecule has 0 bridgehead atoms. The van der Waals surface area contributed by atoms with E-state index in [4.69, 9.17) is 0 Å². The Balaban J connectivity index is 0.968. The van der Waals surface area contributed by atoms with Crippen molar-refractivity contribution in [3.05, 3.63) is 386 Å². The van der Waals surface area contributed by atoms with Gasteiger partial charge in [-0.15, -0.1) is 0 Å². The maximum atomic E-state index is 2.54. The summed E-state index contributed by atoms with van der Waals surface area (Å²) in [4.78, 5) is 9.87. The number of nitrogens with zero attached hydrogens (tertiary/aromatic N) is 4. The fourth-order valence-electron chi connectivity index (χ4n) is 15.3. The lowest BCUT2D eigenvalue weighted by atomic mass is 9.70. The highest BCUT2D eigenvalue weighted by atomic mass is 15.2. The molecule has 0 atom stereocenters. The maximum absolute atomic E-state index is 2.54. The lowest BCUT2D eigenvalue weighted by Crippen LogP contribution is -2.27. The zero-order valence-electron chi connectivity index (χ0n) is 50.9. The van der Waals surface area contributed by atoms with Crippen molar-refractivity contribution in [2.45, 2.75) is 5.41 Å². The van der Waals surface area contributed by atoms with E-state index in [1.807, 2.05) is 0 Å². The molecule has 0 fully saturated rings. The summed E-state index contributed by atoms with van der Waals surface area (Å²) in [6.45, 7) is 0. The van der Waals surface area contributed by atoms with E-state index in [0.717, 1.165) is 68.2 Å². The van der Waals surface area contributed by atoms with Crippen molar-refractivity contribution in [3.63, 3.8) is 0 Å². The first-order chi connectivity index (χ1) is 46.1. The summed E-state index contributed by atoms with van der Waals surface area (Å²) in [7, 11) is 0. The highest BCUT2D eigenvalue weighted by Crippen LogP contribution is 2.66. The third kappa shape index (κ3) is 8.75. The van der Waals surface area contributed by atoms with Crippen molar-refractivity contribution in [3.8, 4) is 22.3 Å². The zero-order chi connectivity index (χ0) is 61.4. The van der Waals surface area contributed by atoms with Gasteiger partial charge in [0, 0.05) is 67.3 Å². The number of rotatable bonds is 12. The molecule has 16 aromatic carbocycles. The highest BCUT2D eigenvalue weighted by molar-refractivity contribution is 6.05. The molecule has 93 heavy (non-hydrogen) atoms. The molecule has 4 nitrogen and oxygen atoms in total. The van der Waals surface area contributed by atoms with Gasteiger partial charge < -0.3 is 19.6 Å². The van der Waals surface area contributed by atoms with Crippen molar-refractivity contribution in [2.75, 3.05) is 19.6 Å². The van der Waals surface area contributed by atoms with Crippen LogP contribution in [0.1, 0.15) is 22.3 Å². The molecule has 2 aliphatic rings. The van der Waals surface area contributed by atoms with E-state index >= 15 is 0 Å². The summed E-state index contributed by atoms with van der Waals surface area (Å²) >= 11 is 0. The second-order valence-corrected chi connectivity index (χ2v) is 24.4. The summed E-state index contributed by atoms with van der Waals surface area (Å²) in [5, 5.41) is 9.47. The van der Waals surface area contributed by atoms with Gasteiger partial charge in [0.2, 0.25) is 0 Å². The first-order valence-corrected chi connectivity index (χ1v) is 32.1. The van der Waals surface area contributed by atoms with E-state index in [0.29, 0.717) is 0 Å². The minimum Gasteiger partial charge on any atom is -0.310 e. The number of anilines is 12. The van der Waals surface area contributed by atoms with Crippen LogP contribution in [0.3, 0.4) is 0 Å². The third-order valence-electron chi connectivity index (χ3n) is 19.3. The number of hydrogen-bond donors (Lipinski definition) is 0. The van der Waals surface area contributed by atoms with Gasteiger partial charge in [0.05, 0.1) is 22.5 Å². The molecule has 0 saturated heterocycles. The predicted molar refractivity (Wildman–Crippen MR) is 391 cm³/mol. The molecule has 18 rings (SSSR count). The molecule has 0 heterocycles. The van der Waals surface area contributed by atoms with Crippen molar-refractivity contribution in [1.29, 1.82) is 0 Å². The molecule has 0 amide bonds. The van der Waals surface area contributed by atoms with Crippen molar-refractivity contribution < 1.29 is 0 Å². The summed E-state index contributed by atoms with van der Waals surface area (Å²) in [6.07, 6.45) is 0. The van der Waals surface area contributed by atoms with Gasteiger partial charge in [-0.1, -0.05) is 237 Å². The van der Waals surface area contributed by atoms with E-state index in [1.54, 1.807) is 0 Å². The molecule has 0 radical (unpaired) electrons. The lowest BCUT2D eigenvalue weighted by molar-refractivity contribution is 0.793. The van der Waals surface area contributed by atoms with Gasteiger partial charge in [-0.2, -0.15) is 0 Å². The molecule has 1 spiro atoms. The Labute approximate surface area is 541 Å². The van der Waals surface area contributed by atoms with Crippen LogP contribution in [0.15, 0.2) is 364 Å². The van der Waals surface area contributed by atoms with Crippen LogP contribution in [0.25, 0.3) is 65.3 Å². The Bertz CT molecular complexity index is 5180. The fraction of sp³-hybridized carbons (Fsp3) is 0.0112. The minimum atomic E-state index is -0.914. The van der Waals surface area contributed by atoms with Crippen molar-refractivity contribution >= 4 is 111 Å². The van der Waals surface area contributed by atoms with Crippen molar-refractivity contribution in [1.82, 2.24) is 0 Å². The Morgan fingerprint density at radius 2 is 0.419 bits per heavy atom. The smallest absolute Gasteiger partial charge is 0.0728 e. The van der Waals surface area contributed by atoms with Gasteiger partial charge in [-0.3, -0.25) is 0 Å². The largest absolute Gasteiger partial charge is 0.310 e. The number of hydrogen-bond acceptors (Lipinski definition) is 4. The molecule has 16 aromatic rings. The van der Waals surface area contributed by atoms with E-state index in [9.17, 15) is 0 Å². The Hall–Kier alpha value is -12.2. The minimum absolute atomic E-state index is 0.914. The number of benzene rings is 16. The number of fused-ring (bicyclic) bond motifs is 14. The van der Waals surface area contributed by atoms with Crippen LogP contribution in [-0.2, 0) is 5.41 Å². The zero-order valence-corrected chi connectivity index (χ0v) is 50.9. The quantitative estimate of drug-likeness (QED) is 0.121. The Kier molecular flexibility index (Phi) is 12.8. The molecule has 0 N–H and O–H groups in total. The molecule has 4 heteroatoms. The lowest BCUT2D eigenvalue weighted by Gasteiger charge is -2.35. The van der Waals surface area contributed by atoms with Crippen LogP contribution >= 0.6 is 0 Å². The first kappa shape index (κ1) is 53.8. The van der Waals surface area contributed by atoms with Crippen molar-refractivity contribution in [2.24, 2.45) is 0 Å².